The van der Waals surface area contributed by atoms with Gasteiger partial charge in [-0.2, -0.15) is 0 Å². The first kappa shape index (κ1) is 14.2. The van der Waals surface area contributed by atoms with Crippen molar-refractivity contribution in [3.8, 4) is 0 Å². The molecule has 120 valence electrons. The van der Waals surface area contributed by atoms with Crippen LogP contribution in [0.1, 0.15) is 12.0 Å². The third-order valence-electron chi connectivity index (χ3n) is 5.46. The lowest BCUT2D eigenvalue weighted by atomic mass is 9.73. The molecular weight excluding hydrogens is 308 g/mol. The number of carbonyl (C=O) groups is 1. The van der Waals surface area contributed by atoms with Gasteiger partial charge in [-0.25, -0.2) is 0 Å². The van der Waals surface area contributed by atoms with Gasteiger partial charge in [-0.15, -0.1) is 0 Å². The predicted octanol–water partition coefficient (Wildman–Crippen LogP) is 5.42. The van der Waals surface area contributed by atoms with E-state index in [0.29, 0.717) is 6.42 Å². The zero-order chi connectivity index (χ0) is 17.0. The molecule has 0 fully saturated rings. The molecule has 0 aliphatic heterocycles. The van der Waals surface area contributed by atoms with Crippen LogP contribution in [0.15, 0.2) is 78.9 Å². The van der Waals surface area contributed by atoms with E-state index in [-0.39, 0.29) is 0 Å². The molecule has 0 spiro atoms. The summed E-state index contributed by atoms with van der Waals surface area (Å²) < 4.78 is 0. The van der Waals surface area contributed by atoms with Gasteiger partial charge in [-0.3, -0.25) is 4.79 Å². The first-order valence-corrected chi connectivity index (χ1v) is 8.45. The van der Waals surface area contributed by atoms with Gasteiger partial charge in [0.1, 0.15) is 5.41 Å². The minimum absolute atomic E-state index is 0.475. The highest BCUT2D eigenvalue weighted by atomic mass is 16.4. The van der Waals surface area contributed by atoms with E-state index in [1.54, 1.807) is 0 Å². The Bertz CT molecular complexity index is 1180. The first-order valence-electron chi connectivity index (χ1n) is 8.45. The molecule has 0 radical (unpaired) electrons. The number of benzene rings is 4. The predicted molar refractivity (Wildman–Crippen MR) is 102 cm³/mol. The van der Waals surface area contributed by atoms with Crippen LogP contribution in [0.4, 0.5) is 0 Å². The van der Waals surface area contributed by atoms with Crippen LogP contribution >= 0.6 is 0 Å². The normalized spacial score (nSPS) is 20.0. The van der Waals surface area contributed by atoms with Crippen molar-refractivity contribution >= 4 is 38.3 Å². The second-order valence-electron chi connectivity index (χ2n) is 6.74. The van der Waals surface area contributed by atoms with Crippen LogP contribution in [-0.4, -0.2) is 11.1 Å². The molecular formula is C23H16O2. The Morgan fingerprint density at radius 3 is 2.20 bits per heavy atom. The van der Waals surface area contributed by atoms with Crippen molar-refractivity contribution in [1.29, 1.82) is 0 Å². The lowest BCUT2D eigenvalue weighted by molar-refractivity contribution is -0.141. The number of hydrogen-bond acceptors (Lipinski definition) is 1. The fraction of sp³-hybridized carbons (Fsp3) is 0.0870. The number of carboxylic acid groups (broad SMARTS) is 1. The largest absolute Gasteiger partial charge is 0.480 e. The SMILES string of the molecule is O=C(O)C1(c2ccc3ccc4cccc5ccc2c3c45)C=CC=CC1. The van der Waals surface area contributed by atoms with Crippen LogP contribution in [0.3, 0.4) is 0 Å². The fourth-order valence-electron chi connectivity index (χ4n) is 4.22. The van der Waals surface area contributed by atoms with Gasteiger partial charge in [0, 0.05) is 0 Å². The minimum atomic E-state index is -1.00. The summed E-state index contributed by atoms with van der Waals surface area (Å²) in [4.78, 5) is 12.3. The number of rotatable bonds is 2. The molecule has 0 bridgehead atoms. The summed E-state index contributed by atoms with van der Waals surface area (Å²) in [5, 5.41) is 17.0. The molecule has 2 nitrogen and oxygen atoms in total. The van der Waals surface area contributed by atoms with Crippen molar-refractivity contribution in [3.05, 3.63) is 84.5 Å². The van der Waals surface area contributed by atoms with Gasteiger partial charge in [0.15, 0.2) is 0 Å². The monoisotopic (exact) mass is 324 g/mol. The lowest BCUT2D eigenvalue weighted by Gasteiger charge is -2.29. The van der Waals surface area contributed by atoms with Gasteiger partial charge < -0.3 is 5.11 Å². The van der Waals surface area contributed by atoms with Crippen molar-refractivity contribution < 1.29 is 9.90 Å². The van der Waals surface area contributed by atoms with Gasteiger partial charge in [-0.05, 0) is 44.3 Å². The second kappa shape index (κ2) is 4.93. The zero-order valence-electron chi connectivity index (χ0n) is 13.6. The molecule has 0 amide bonds. The number of allylic oxidation sites excluding steroid dienone is 3. The Hall–Kier alpha value is -3.13. The van der Waals surface area contributed by atoms with E-state index in [0.717, 1.165) is 21.7 Å². The molecule has 0 saturated heterocycles. The summed E-state index contributed by atoms with van der Waals surface area (Å²) in [6, 6.07) is 18.8. The maximum atomic E-state index is 12.3. The Morgan fingerprint density at radius 2 is 1.52 bits per heavy atom. The Morgan fingerprint density at radius 1 is 0.840 bits per heavy atom. The van der Waals surface area contributed by atoms with E-state index < -0.39 is 11.4 Å². The van der Waals surface area contributed by atoms with E-state index in [1.165, 1.54) is 16.2 Å². The van der Waals surface area contributed by atoms with Crippen molar-refractivity contribution in [2.45, 2.75) is 11.8 Å². The summed E-state index contributed by atoms with van der Waals surface area (Å²) in [6.45, 7) is 0. The zero-order valence-corrected chi connectivity index (χ0v) is 13.6. The second-order valence-corrected chi connectivity index (χ2v) is 6.74. The van der Waals surface area contributed by atoms with Crippen molar-refractivity contribution in [3.63, 3.8) is 0 Å². The highest BCUT2D eigenvalue weighted by Crippen LogP contribution is 2.42. The number of aliphatic carboxylic acids is 1. The van der Waals surface area contributed by atoms with Gasteiger partial charge in [0.25, 0.3) is 0 Å². The average Bonchev–Trinajstić information content (AvgIpc) is 2.66. The lowest BCUT2D eigenvalue weighted by Crippen LogP contribution is -2.34. The smallest absolute Gasteiger partial charge is 0.318 e. The molecule has 0 aromatic heterocycles. The Balaban J connectivity index is 1.96. The van der Waals surface area contributed by atoms with E-state index >= 15 is 0 Å². The molecule has 25 heavy (non-hydrogen) atoms. The molecule has 1 atom stereocenters. The quantitative estimate of drug-likeness (QED) is 0.500. The molecule has 1 aliphatic rings. The van der Waals surface area contributed by atoms with Gasteiger partial charge >= 0.3 is 5.97 Å². The van der Waals surface area contributed by atoms with Crippen LogP contribution in [0.25, 0.3) is 32.3 Å². The van der Waals surface area contributed by atoms with Crippen LogP contribution in [-0.2, 0) is 10.2 Å². The molecule has 2 heteroatoms. The summed E-state index contributed by atoms with van der Waals surface area (Å²) in [7, 11) is 0. The Kier molecular flexibility index (Phi) is 2.81. The van der Waals surface area contributed by atoms with E-state index in [4.69, 9.17) is 0 Å². The molecule has 1 unspecified atom stereocenters. The summed E-state index contributed by atoms with van der Waals surface area (Å²) >= 11 is 0. The van der Waals surface area contributed by atoms with Crippen LogP contribution in [0, 0.1) is 0 Å². The highest BCUT2D eigenvalue weighted by molar-refractivity contribution is 6.24. The average molecular weight is 324 g/mol. The van der Waals surface area contributed by atoms with Crippen molar-refractivity contribution in [2.75, 3.05) is 0 Å². The molecule has 4 aromatic carbocycles. The summed E-state index contributed by atoms with van der Waals surface area (Å²) in [5.41, 5.74) is -0.136. The van der Waals surface area contributed by atoms with Gasteiger partial charge in [0.05, 0.1) is 0 Å². The molecule has 4 aromatic rings. The van der Waals surface area contributed by atoms with Crippen LogP contribution in [0.5, 0.6) is 0 Å². The van der Waals surface area contributed by atoms with E-state index in [1.807, 2.05) is 30.4 Å². The van der Waals surface area contributed by atoms with Crippen molar-refractivity contribution in [1.82, 2.24) is 0 Å². The fourth-order valence-corrected chi connectivity index (χ4v) is 4.22. The molecule has 5 rings (SSSR count). The van der Waals surface area contributed by atoms with Crippen molar-refractivity contribution in [2.24, 2.45) is 0 Å². The third-order valence-corrected chi connectivity index (χ3v) is 5.46. The number of carboxylic acids is 1. The maximum Gasteiger partial charge on any atom is 0.318 e. The van der Waals surface area contributed by atoms with Gasteiger partial charge in [0.2, 0.25) is 0 Å². The van der Waals surface area contributed by atoms with Gasteiger partial charge in [-0.1, -0.05) is 78.9 Å². The molecule has 1 N–H and O–H groups in total. The topological polar surface area (TPSA) is 37.3 Å². The van der Waals surface area contributed by atoms with Crippen LogP contribution < -0.4 is 0 Å². The summed E-state index contributed by atoms with van der Waals surface area (Å²) in [5.74, 6) is -0.803. The highest BCUT2D eigenvalue weighted by Gasteiger charge is 2.39. The molecule has 1 aliphatic carbocycles. The van der Waals surface area contributed by atoms with E-state index in [9.17, 15) is 9.90 Å². The summed E-state index contributed by atoms with van der Waals surface area (Å²) in [6.07, 6.45) is 7.99. The van der Waals surface area contributed by atoms with E-state index in [2.05, 4.69) is 48.5 Å². The molecule has 0 saturated carbocycles. The third kappa shape index (κ3) is 1.82. The Labute approximate surface area is 145 Å². The van der Waals surface area contributed by atoms with Crippen LogP contribution in [0.2, 0.25) is 0 Å². The minimum Gasteiger partial charge on any atom is -0.480 e. The first-order chi connectivity index (χ1) is 12.2. The molecule has 0 heterocycles. The standard InChI is InChI=1S/C23H16O2/c24-22(25)23(13-2-1-3-14-23)19-12-10-17-8-7-15-5-4-6-16-9-11-18(19)21(17)20(15)16/h1-13H,14H2,(H,24,25). The number of hydrogen-bond donors (Lipinski definition) is 1. The maximum absolute atomic E-state index is 12.3.